The standard InChI is InChI=1S/C55H91NO7/c1-6-8-10-12-14-16-18-20-22-24-25-26-27-28-29-30-32-33-35-37-39-41-43-45-53(57)62-50-51(49-61-48-47-52(55(59)60)56(3,4)5)63-54(58)46-44-42-40-38-36-34-31-23-21-19-17-15-13-11-9-7-2/h8-11,14-17,20-23,25-26,28-29,51-52H,6-7,12-13,18-19,24,27,30-50H2,1-5H3/b10-8+,11-9+,16-14+,17-15+,22-20+,23-21+,26-25+,29-28+. The molecule has 0 bridgehead atoms. The number of likely N-dealkylation sites (N-methyl/N-ethyl adjacent to an activating group) is 1. The Kier molecular flexibility index (Phi) is 42.2. The first kappa shape index (κ1) is 59.2. The van der Waals surface area contributed by atoms with E-state index in [-0.39, 0.29) is 42.7 Å². The van der Waals surface area contributed by atoms with Gasteiger partial charge in [-0.1, -0.05) is 169 Å². The summed E-state index contributed by atoms with van der Waals surface area (Å²) in [6.45, 7) is 4.40. The summed E-state index contributed by atoms with van der Waals surface area (Å²) in [5.74, 6) is -1.78. The van der Waals surface area contributed by atoms with Crippen LogP contribution in [0.25, 0.3) is 0 Å². The minimum absolute atomic E-state index is 0.0258. The minimum Gasteiger partial charge on any atom is -0.544 e. The molecular formula is C55H91NO7. The molecule has 0 aromatic rings. The fraction of sp³-hybridized carbons (Fsp3) is 0.655. The summed E-state index contributed by atoms with van der Waals surface area (Å²) < 4.78 is 17.2. The van der Waals surface area contributed by atoms with Crippen molar-refractivity contribution >= 4 is 17.9 Å². The van der Waals surface area contributed by atoms with E-state index in [0.717, 1.165) is 116 Å². The summed E-state index contributed by atoms with van der Waals surface area (Å²) in [6.07, 6.45) is 60.0. The van der Waals surface area contributed by atoms with Gasteiger partial charge in [-0.15, -0.1) is 0 Å². The van der Waals surface area contributed by atoms with Crippen molar-refractivity contribution in [1.82, 2.24) is 0 Å². The summed E-state index contributed by atoms with van der Waals surface area (Å²) in [4.78, 5) is 37.0. The molecule has 0 rings (SSSR count). The maximum absolute atomic E-state index is 12.8. The van der Waals surface area contributed by atoms with E-state index in [4.69, 9.17) is 14.2 Å². The third kappa shape index (κ3) is 43.3. The van der Waals surface area contributed by atoms with Crippen LogP contribution >= 0.6 is 0 Å². The number of aliphatic carboxylic acids is 1. The highest BCUT2D eigenvalue weighted by atomic mass is 16.6. The fourth-order valence-corrected chi connectivity index (χ4v) is 6.70. The van der Waals surface area contributed by atoms with Crippen LogP contribution in [0.2, 0.25) is 0 Å². The summed E-state index contributed by atoms with van der Waals surface area (Å²) in [6, 6.07) is -0.736. The topological polar surface area (TPSA) is 102 Å². The zero-order valence-electron chi connectivity index (χ0n) is 40.7. The zero-order chi connectivity index (χ0) is 46.3. The number of hydrogen-bond donors (Lipinski definition) is 0. The number of quaternary nitrogens is 1. The molecule has 0 saturated heterocycles. The van der Waals surface area contributed by atoms with E-state index < -0.39 is 18.1 Å². The van der Waals surface area contributed by atoms with E-state index in [1.54, 1.807) is 21.1 Å². The van der Waals surface area contributed by atoms with Gasteiger partial charge >= 0.3 is 11.9 Å². The van der Waals surface area contributed by atoms with Crippen LogP contribution in [0.3, 0.4) is 0 Å². The molecule has 0 amide bonds. The highest BCUT2D eigenvalue weighted by Gasteiger charge is 2.25. The van der Waals surface area contributed by atoms with Gasteiger partial charge in [-0.3, -0.25) is 9.59 Å². The highest BCUT2D eigenvalue weighted by molar-refractivity contribution is 5.70. The van der Waals surface area contributed by atoms with Gasteiger partial charge in [0.15, 0.2) is 6.10 Å². The molecule has 358 valence electrons. The first-order valence-corrected chi connectivity index (χ1v) is 24.8. The second-order valence-electron chi connectivity index (χ2n) is 17.3. The average Bonchev–Trinajstić information content (AvgIpc) is 3.24. The number of carboxylic acids is 1. The molecule has 0 N–H and O–H groups in total. The number of carbonyl (C=O) groups is 3. The van der Waals surface area contributed by atoms with E-state index in [1.165, 1.54) is 32.1 Å². The molecule has 0 radical (unpaired) electrons. The first-order chi connectivity index (χ1) is 30.6. The predicted molar refractivity (Wildman–Crippen MR) is 263 cm³/mol. The Labute approximate surface area is 386 Å². The van der Waals surface area contributed by atoms with E-state index in [1.807, 2.05) is 0 Å². The van der Waals surface area contributed by atoms with Crippen LogP contribution in [0.1, 0.15) is 181 Å². The Morgan fingerprint density at radius 1 is 0.476 bits per heavy atom. The van der Waals surface area contributed by atoms with Crippen molar-refractivity contribution < 1.29 is 38.2 Å². The van der Waals surface area contributed by atoms with Gasteiger partial charge in [-0.25, -0.2) is 0 Å². The van der Waals surface area contributed by atoms with Crippen LogP contribution < -0.4 is 5.11 Å². The molecule has 2 unspecified atom stereocenters. The maximum Gasteiger partial charge on any atom is 0.306 e. The van der Waals surface area contributed by atoms with Gasteiger partial charge in [0.2, 0.25) is 0 Å². The Balaban J connectivity index is 4.31. The Bertz CT molecular complexity index is 1350. The summed E-state index contributed by atoms with van der Waals surface area (Å²) in [7, 11) is 5.39. The molecule has 0 heterocycles. The van der Waals surface area contributed by atoms with Crippen molar-refractivity contribution in [2.75, 3.05) is 41.0 Å². The van der Waals surface area contributed by atoms with E-state index in [0.29, 0.717) is 12.8 Å². The molecule has 8 heteroatoms. The van der Waals surface area contributed by atoms with Crippen molar-refractivity contribution in [1.29, 1.82) is 0 Å². The quantitative estimate of drug-likeness (QED) is 0.0260. The molecule has 0 aromatic carbocycles. The number of hydrogen-bond acceptors (Lipinski definition) is 7. The van der Waals surface area contributed by atoms with Gasteiger partial charge in [0.1, 0.15) is 12.6 Å². The van der Waals surface area contributed by atoms with Crippen LogP contribution in [0.4, 0.5) is 0 Å². The Hall–Kier alpha value is -3.75. The number of rotatable bonds is 43. The first-order valence-electron chi connectivity index (χ1n) is 24.8. The van der Waals surface area contributed by atoms with Crippen LogP contribution in [-0.4, -0.2) is 75.5 Å². The number of ether oxygens (including phenoxy) is 3. The summed E-state index contributed by atoms with van der Waals surface area (Å²) >= 11 is 0. The third-order valence-corrected chi connectivity index (χ3v) is 10.5. The number of carboxylic acid groups (broad SMARTS) is 1. The van der Waals surface area contributed by atoms with Crippen molar-refractivity contribution in [2.45, 2.75) is 193 Å². The number of esters is 2. The monoisotopic (exact) mass is 878 g/mol. The third-order valence-electron chi connectivity index (χ3n) is 10.5. The molecule has 0 aromatic heterocycles. The predicted octanol–water partition coefficient (Wildman–Crippen LogP) is 12.9. The second kappa shape index (κ2) is 44.8. The molecule has 0 spiro atoms. The lowest BCUT2D eigenvalue weighted by atomic mass is 10.1. The maximum atomic E-state index is 12.8. The number of carbonyl (C=O) groups excluding carboxylic acids is 3. The van der Waals surface area contributed by atoms with Crippen molar-refractivity contribution in [3.05, 3.63) is 97.2 Å². The average molecular weight is 878 g/mol. The molecule has 63 heavy (non-hydrogen) atoms. The van der Waals surface area contributed by atoms with Gasteiger partial charge in [-0.05, 0) is 89.9 Å². The lowest BCUT2D eigenvalue weighted by molar-refractivity contribution is -0.889. The van der Waals surface area contributed by atoms with Gasteiger partial charge < -0.3 is 28.6 Å². The highest BCUT2D eigenvalue weighted by Crippen LogP contribution is 2.14. The molecular weight excluding hydrogens is 787 g/mol. The molecule has 0 aliphatic carbocycles. The molecule has 0 aliphatic heterocycles. The van der Waals surface area contributed by atoms with Crippen molar-refractivity contribution in [3.63, 3.8) is 0 Å². The number of unbranched alkanes of at least 4 members (excludes halogenated alkanes) is 13. The van der Waals surface area contributed by atoms with Crippen molar-refractivity contribution in [2.24, 2.45) is 0 Å². The largest absolute Gasteiger partial charge is 0.544 e. The smallest absolute Gasteiger partial charge is 0.306 e. The van der Waals surface area contributed by atoms with E-state index in [9.17, 15) is 19.5 Å². The van der Waals surface area contributed by atoms with Crippen LogP contribution in [0.15, 0.2) is 97.2 Å². The molecule has 0 aliphatic rings. The van der Waals surface area contributed by atoms with Crippen LogP contribution in [0.5, 0.6) is 0 Å². The normalized spacial score (nSPS) is 13.7. The van der Waals surface area contributed by atoms with Crippen LogP contribution in [0, 0.1) is 0 Å². The Morgan fingerprint density at radius 2 is 0.841 bits per heavy atom. The van der Waals surface area contributed by atoms with Crippen LogP contribution in [-0.2, 0) is 28.6 Å². The van der Waals surface area contributed by atoms with Crippen molar-refractivity contribution in [3.8, 4) is 0 Å². The SMILES string of the molecule is CC/C=C/C/C=C/C/C=C/C/C=C/C/C=C/CCCCCCCCCC(=O)OCC(COCCC(C(=O)[O-])[N+](C)(C)C)OC(=O)CCCCCCCC/C=C/C/C=C/C/C=C/CC. The van der Waals surface area contributed by atoms with Gasteiger partial charge in [0.05, 0.1) is 40.3 Å². The molecule has 0 saturated carbocycles. The fourth-order valence-electron chi connectivity index (χ4n) is 6.70. The molecule has 2 atom stereocenters. The minimum atomic E-state index is -1.13. The van der Waals surface area contributed by atoms with E-state index >= 15 is 0 Å². The number of nitrogens with zero attached hydrogens (tertiary/aromatic N) is 1. The van der Waals surface area contributed by atoms with E-state index in [2.05, 4.69) is 111 Å². The lowest BCUT2D eigenvalue weighted by Crippen LogP contribution is -2.55. The molecule has 0 fully saturated rings. The number of allylic oxidation sites excluding steroid dienone is 16. The van der Waals surface area contributed by atoms with Gasteiger partial charge in [0, 0.05) is 19.3 Å². The molecule has 8 nitrogen and oxygen atoms in total. The zero-order valence-corrected chi connectivity index (χ0v) is 40.7. The second-order valence-corrected chi connectivity index (χ2v) is 17.3. The Morgan fingerprint density at radius 3 is 1.24 bits per heavy atom. The van der Waals surface area contributed by atoms with Gasteiger partial charge in [-0.2, -0.15) is 0 Å². The lowest BCUT2D eigenvalue weighted by Gasteiger charge is -2.34. The summed E-state index contributed by atoms with van der Waals surface area (Å²) in [5.41, 5.74) is 0. The summed E-state index contributed by atoms with van der Waals surface area (Å²) in [5, 5.41) is 11.7. The van der Waals surface area contributed by atoms with Gasteiger partial charge in [0.25, 0.3) is 0 Å².